The summed E-state index contributed by atoms with van der Waals surface area (Å²) in [6, 6.07) is 3.74. The molecule has 32 heavy (non-hydrogen) atoms. The Bertz CT molecular complexity index is 1250. The van der Waals surface area contributed by atoms with Gasteiger partial charge in [-0.2, -0.15) is 5.10 Å². The number of ether oxygens (including phenoxy) is 1. The predicted molar refractivity (Wildman–Crippen MR) is 121 cm³/mol. The fourth-order valence-corrected chi connectivity index (χ4v) is 4.82. The van der Waals surface area contributed by atoms with Crippen LogP contribution in [0.5, 0.6) is 0 Å². The molecule has 0 unspecified atom stereocenters. The second-order valence-electron chi connectivity index (χ2n) is 7.88. The molecule has 0 bridgehead atoms. The third-order valence-corrected chi connectivity index (χ3v) is 6.77. The summed E-state index contributed by atoms with van der Waals surface area (Å²) in [6.45, 7) is 4.25. The van der Waals surface area contributed by atoms with Crippen LogP contribution in [-0.2, 0) is 27.4 Å². The summed E-state index contributed by atoms with van der Waals surface area (Å²) in [4.78, 5) is 28.2. The Hall–Kier alpha value is -2.97. The number of amides is 2. The molecule has 2 aliphatic heterocycles. The highest BCUT2D eigenvalue weighted by Gasteiger charge is 2.29. The van der Waals surface area contributed by atoms with Gasteiger partial charge in [0.15, 0.2) is 0 Å². The molecule has 0 aliphatic carbocycles. The highest BCUT2D eigenvalue weighted by atomic mass is 35.5. The maximum absolute atomic E-state index is 13.1. The van der Waals surface area contributed by atoms with Gasteiger partial charge in [0.25, 0.3) is 0 Å². The molecule has 1 saturated heterocycles. The second kappa shape index (κ2) is 8.18. The monoisotopic (exact) mass is 473 g/mol. The van der Waals surface area contributed by atoms with Crippen LogP contribution in [0.3, 0.4) is 0 Å². The molecule has 1 N–H and O–H groups in total. The number of nitrogens with one attached hydrogen (secondary N) is 1. The van der Waals surface area contributed by atoms with Gasteiger partial charge < -0.3 is 19.1 Å². The smallest absolute Gasteiger partial charge is 0.250 e. The number of carbonyl (C=O) groups excluding carboxylic acids is 2. The van der Waals surface area contributed by atoms with Crippen molar-refractivity contribution in [3.63, 3.8) is 0 Å². The van der Waals surface area contributed by atoms with Crippen LogP contribution in [0.4, 0.5) is 0 Å². The zero-order valence-electron chi connectivity index (χ0n) is 17.4. The van der Waals surface area contributed by atoms with E-state index in [0.29, 0.717) is 55.1 Å². The molecule has 1 aromatic carbocycles. The first kappa shape index (κ1) is 20.9. The Balaban J connectivity index is 1.51. The van der Waals surface area contributed by atoms with Gasteiger partial charge in [0.05, 0.1) is 41.4 Å². The quantitative estimate of drug-likeness (QED) is 0.577. The number of rotatable bonds is 2. The first-order chi connectivity index (χ1) is 15.4. The average Bonchev–Trinajstić information content (AvgIpc) is 3.41. The second-order valence-corrected chi connectivity index (χ2v) is 8.66. The highest BCUT2D eigenvalue weighted by Crippen LogP contribution is 2.42. The highest BCUT2D eigenvalue weighted by molar-refractivity contribution is 6.45. The lowest BCUT2D eigenvalue weighted by atomic mass is 10.0. The van der Waals surface area contributed by atoms with E-state index in [0.717, 1.165) is 27.7 Å². The zero-order valence-corrected chi connectivity index (χ0v) is 18.9. The summed E-state index contributed by atoms with van der Waals surface area (Å²) < 4.78 is 7.76. The van der Waals surface area contributed by atoms with Crippen molar-refractivity contribution < 1.29 is 14.3 Å². The lowest BCUT2D eigenvalue weighted by molar-refractivity contribution is -0.132. The lowest BCUT2D eigenvalue weighted by Gasteiger charge is -2.31. The fourth-order valence-electron chi connectivity index (χ4n) is 4.41. The van der Waals surface area contributed by atoms with Gasteiger partial charge in [-0.25, -0.2) is 0 Å². The molecule has 1 fully saturated rings. The van der Waals surface area contributed by atoms with Gasteiger partial charge in [-0.3, -0.25) is 14.7 Å². The Labute approximate surface area is 194 Å². The van der Waals surface area contributed by atoms with E-state index in [9.17, 15) is 9.59 Å². The normalized spacial score (nSPS) is 17.5. The molecule has 4 heterocycles. The molecule has 10 heteroatoms. The number of aromatic amines is 1. The number of aromatic nitrogens is 3. The minimum absolute atomic E-state index is 0.0329. The molecular formula is C22H21Cl2N5O3. The maximum atomic E-state index is 13.1. The van der Waals surface area contributed by atoms with Crippen LogP contribution in [0.2, 0.25) is 10.0 Å². The van der Waals surface area contributed by atoms with Gasteiger partial charge in [-0.15, -0.1) is 0 Å². The number of hydrogen-bond acceptors (Lipinski definition) is 4. The van der Waals surface area contributed by atoms with Crippen LogP contribution in [0.15, 0.2) is 36.4 Å². The summed E-state index contributed by atoms with van der Waals surface area (Å²) in [7, 11) is 0. The minimum Gasteiger partial charge on any atom is -0.494 e. The van der Waals surface area contributed by atoms with E-state index in [4.69, 9.17) is 27.9 Å². The van der Waals surface area contributed by atoms with Crippen molar-refractivity contribution in [3.8, 4) is 11.1 Å². The van der Waals surface area contributed by atoms with E-state index < -0.39 is 0 Å². The van der Waals surface area contributed by atoms with E-state index in [1.807, 2.05) is 12.3 Å². The van der Waals surface area contributed by atoms with Crippen molar-refractivity contribution in [3.05, 3.63) is 52.1 Å². The Morgan fingerprint density at radius 1 is 1.16 bits per heavy atom. The molecule has 166 valence electrons. The number of H-pyrrole nitrogens is 1. The molecule has 2 aromatic heterocycles. The van der Waals surface area contributed by atoms with Gasteiger partial charge in [0.1, 0.15) is 12.4 Å². The Morgan fingerprint density at radius 3 is 2.75 bits per heavy atom. The molecule has 0 radical (unpaired) electrons. The van der Waals surface area contributed by atoms with Crippen molar-refractivity contribution in [2.24, 2.45) is 0 Å². The Kier molecular flexibility index (Phi) is 5.35. The molecule has 0 saturated carbocycles. The number of fused-ring (bicyclic) bond motifs is 3. The molecule has 0 spiro atoms. The van der Waals surface area contributed by atoms with E-state index in [1.54, 1.807) is 22.1 Å². The number of benzene rings is 1. The SMILES string of the molecule is CC(=O)N1CCOC(=CC(=O)N2CCn3c(c(-c4cn[nH]c4)c4ccc(Cl)c(Cl)c43)C2)C1. The number of carbonyl (C=O) groups is 2. The fraction of sp³-hybridized carbons (Fsp3) is 0.318. The summed E-state index contributed by atoms with van der Waals surface area (Å²) >= 11 is 12.9. The molecule has 8 nitrogen and oxygen atoms in total. The largest absolute Gasteiger partial charge is 0.494 e. The number of nitrogens with zero attached hydrogens (tertiary/aromatic N) is 4. The van der Waals surface area contributed by atoms with Gasteiger partial charge in [-0.1, -0.05) is 29.3 Å². The van der Waals surface area contributed by atoms with Gasteiger partial charge >= 0.3 is 0 Å². The minimum atomic E-state index is -0.149. The number of halogens is 2. The van der Waals surface area contributed by atoms with Crippen LogP contribution in [0.1, 0.15) is 12.6 Å². The Morgan fingerprint density at radius 2 is 2.00 bits per heavy atom. The van der Waals surface area contributed by atoms with E-state index in [1.165, 1.54) is 13.0 Å². The van der Waals surface area contributed by atoms with Crippen LogP contribution in [0.25, 0.3) is 22.0 Å². The van der Waals surface area contributed by atoms with E-state index in [-0.39, 0.29) is 11.8 Å². The van der Waals surface area contributed by atoms with Crippen molar-refractivity contribution in [2.75, 3.05) is 26.2 Å². The van der Waals surface area contributed by atoms with Crippen molar-refractivity contribution >= 4 is 45.9 Å². The molecule has 2 aliphatic rings. The zero-order chi connectivity index (χ0) is 22.4. The summed E-state index contributed by atoms with van der Waals surface area (Å²) in [5.41, 5.74) is 3.73. The van der Waals surface area contributed by atoms with Crippen molar-refractivity contribution in [1.29, 1.82) is 0 Å². The topological polar surface area (TPSA) is 83.5 Å². The maximum Gasteiger partial charge on any atom is 0.250 e. The van der Waals surface area contributed by atoms with Crippen molar-refractivity contribution in [1.82, 2.24) is 24.6 Å². The van der Waals surface area contributed by atoms with E-state index >= 15 is 0 Å². The number of hydrogen-bond donors (Lipinski definition) is 1. The van der Waals surface area contributed by atoms with E-state index in [2.05, 4.69) is 14.8 Å². The average molecular weight is 474 g/mol. The summed E-state index contributed by atoms with van der Waals surface area (Å²) in [5, 5.41) is 8.92. The summed E-state index contributed by atoms with van der Waals surface area (Å²) in [5.74, 6) is 0.325. The third-order valence-electron chi connectivity index (χ3n) is 5.98. The first-order valence-electron chi connectivity index (χ1n) is 10.3. The summed E-state index contributed by atoms with van der Waals surface area (Å²) in [6.07, 6.45) is 5.08. The standard InChI is InChI=1S/C22H21Cl2N5O3/c1-13(30)27-6-7-32-15(11-27)8-19(31)28-4-5-29-18(12-28)20(14-9-25-26-10-14)16-2-3-17(23)21(24)22(16)29/h2-3,8-10H,4-7,11-12H2,1H3,(H,25,26). The molecular weight excluding hydrogens is 453 g/mol. The molecule has 5 rings (SSSR count). The van der Waals surface area contributed by atoms with Crippen LogP contribution in [-0.4, -0.2) is 62.6 Å². The molecule has 3 aromatic rings. The predicted octanol–water partition coefficient (Wildman–Crippen LogP) is 3.44. The van der Waals surface area contributed by atoms with Gasteiger partial charge in [0, 0.05) is 54.5 Å². The van der Waals surface area contributed by atoms with Crippen molar-refractivity contribution in [2.45, 2.75) is 20.0 Å². The lowest BCUT2D eigenvalue weighted by Crippen LogP contribution is -2.40. The van der Waals surface area contributed by atoms with Gasteiger partial charge in [-0.05, 0) is 6.07 Å². The first-order valence-corrected chi connectivity index (χ1v) is 11.1. The molecule has 2 amide bonds. The molecule has 0 atom stereocenters. The van der Waals surface area contributed by atoms with Crippen LogP contribution in [0, 0.1) is 0 Å². The van der Waals surface area contributed by atoms with Gasteiger partial charge in [0.2, 0.25) is 11.8 Å². The third kappa shape index (κ3) is 3.53. The number of morpholine rings is 1. The van der Waals surface area contributed by atoms with Crippen LogP contribution >= 0.6 is 23.2 Å². The van der Waals surface area contributed by atoms with Crippen LogP contribution < -0.4 is 0 Å².